The van der Waals surface area contributed by atoms with Crippen LogP contribution in [-0.2, 0) is 28.5 Å². The molecule has 0 aromatic carbocycles. The van der Waals surface area contributed by atoms with Crippen molar-refractivity contribution in [3.8, 4) is 0 Å². The highest BCUT2D eigenvalue weighted by molar-refractivity contribution is 5.75. The minimum absolute atomic E-state index is 0.464. The van der Waals surface area contributed by atoms with Crippen molar-refractivity contribution in [1.29, 1.82) is 0 Å². The number of carbonyl (C=O) groups excluding carboxylic acids is 1. The molecule has 2 spiro atoms. The molecule has 0 radical (unpaired) electrons. The van der Waals surface area contributed by atoms with E-state index < -0.39 is 35.9 Å². The van der Waals surface area contributed by atoms with Crippen LogP contribution in [0, 0.1) is 0 Å². The van der Waals surface area contributed by atoms with Crippen LogP contribution in [0.25, 0.3) is 0 Å². The fourth-order valence-corrected chi connectivity index (χ4v) is 3.95. The second-order valence-electron chi connectivity index (χ2n) is 6.73. The second-order valence-corrected chi connectivity index (χ2v) is 6.73. The third-order valence-corrected chi connectivity index (χ3v) is 5.24. The van der Waals surface area contributed by atoms with E-state index in [-0.39, 0.29) is 0 Å². The summed E-state index contributed by atoms with van der Waals surface area (Å²) in [4.78, 5) is 11.8. The summed E-state index contributed by atoms with van der Waals surface area (Å²) in [5, 5.41) is 10.4. The van der Waals surface area contributed by atoms with Crippen LogP contribution >= 0.6 is 0 Å². The van der Waals surface area contributed by atoms with E-state index in [1.807, 2.05) is 6.92 Å². The molecule has 3 fully saturated rings. The molecule has 24 heavy (non-hydrogen) atoms. The van der Waals surface area contributed by atoms with Gasteiger partial charge in [0.05, 0.1) is 26.4 Å². The number of rotatable bonds is 3. The van der Waals surface area contributed by atoms with Gasteiger partial charge in [-0.25, -0.2) is 4.79 Å². The minimum Gasteiger partial charge on any atom is -0.467 e. The van der Waals surface area contributed by atoms with Crippen LogP contribution in [0.15, 0.2) is 0 Å². The van der Waals surface area contributed by atoms with Gasteiger partial charge in [0.2, 0.25) is 11.6 Å². The zero-order valence-corrected chi connectivity index (χ0v) is 14.5. The molecule has 1 N–H and O–H groups in total. The zero-order valence-electron chi connectivity index (χ0n) is 14.5. The lowest BCUT2D eigenvalue weighted by Gasteiger charge is -2.58. The van der Waals surface area contributed by atoms with Gasteiger partial charge in [-0.2, -0.15) is 0 Å². The number of methoxy groups -OCH3 is 1. The number of hydrogen-bond acceptors (Lipinski definition) is 7. The van der Waals surface area contributed by atoms with Crippen molar-refractivity contribution in [2.45, 2.75) is 81.8 Å². The number of esters is 1. The predicted octanol–water partition coefficient (Wildman–Crippen LogP) is 1.51. The van der Waals surface area contributed by atoms with Gasteiger partial charge in [-0.05, 0) is 32.1 Å². The van der Waals surface area contributed by atoms with E-state index in [0.717, 1.165) is 25.7 Å². The molecular weight excluding hydrogens is 316 g/mol. The summed E-state index contributed by atoms with van der Waals surface area (Å²) < 4.78 is 29.4. The molecule has 3 heterocycles. The van der Waals surface area contributed by atoms with Crippen LogP contribution in [-0.4, -0.2) is 61.3 Å². The Labute approximate surface area is 142 Å². The maximum absolute atomic E-state index is 11.8. The molecule has 3 saturated heterocycles. The first-order valence-electron chi connectivity index (χ1n) is 8.97. The number of carbonyl (C=O) groups is 1. The van der Waals surface area contributed by atoms with Crippen molar-refractivity contribution in [2.75, 3.05) is 20.3 Å². The summed E-state index contributed by atoms with van der Waals surface area (Å²) in [5.41, 5.74) is 0. The summed E-state index contributed by atoms with van der Waals surface area (Å²) in [6, 6.07) is 0. The SMILES string of the molecule is CC[C@@H]1O[C@]2(CCCCO2)[C@@]2(CCCCO2)O[C@H]1[C@@H](O)C(=O)OC. The van der Waals surface area contributed by atoms with Gasteiger partial charge in [0.25, 0.3) is 0 Å². The van der Waals surface area contributed by atoms with Crippen molar-refractivity contribution in [2.24, 2.45) is 0 Å². The zero-order chi connectivity index (χ0) is 17.2. The van der Waals surface area contributed by atoms with Gasteiger partial charge in [-0.15, -0.1) is 0 Å². The van der Waals surface area contributed by atoms with E-state index in [0.29, 0.717) is 32.5 Å². The highest BCUT2D eigenvalue weighted by Gasteiger charge is 2.64. The third-order valence-electron chi connectivity index (χ3n) is 5.24. The van der Waals surface area contributed by atoms with Gasteiger partial charge in [0, 0.05) is 12.8 Å². The molecule has 3 aliphatic rings. The van der Waals surface area contributed by atoms with Gasteiger partial charge >= 0.3 is 5.97 Å². The molecule has 138 valence electrons. The highest BCUT2D eigenvalue weighted by atomic mass is 16.8. The fourth-order valence-electron chi connectivity index (χ4n) is 3.95. The number of ether oxygens (including phenoxy) is 5. The van der Waals surface area contributed by atoms with Crippen molar-refractivity contribution in [3.05, 3.63) is 0 Å². The molecule has 0 aliphatic carbocycles. The minimum atomic E-state index is -1.41. The summed E-state index contributed by atoms with van der Waals surface area (Å²) in [6.07, 6.45) is 2.99. The average Bonchev–Trinajstić information content (AvgIpc) is 2.64. The van der Waals surface area contributed by atoms with Crippen LogP contribution in [0.3, 0.4) is 0 Å². The first kappa shape index (κ1) is 18.1. The number of aliphatic hydroxyl groups is 1. The number of aliphatic hydroxyl groups excluding tert-OH is 1. The molecule has 7 heteroatoms. The number of hydrogen-bond donors (Lipinski definition) is 1. The Morgan fingerprint density at radius 2 is 1.71 bits per heavy atom. The molecule has 0 unspecified atom stereocenters. The largest absolute Gasteiger partial charge is 0.467 e. The Morgan fingerprint density at radius 3 is 2.17 bits per heavy atom. The summed E-state index contributed by atoms with van der Waals surface area (Å²) in [5.74, 6) is -2.76. The standard InChI is InChI=1S/C17H28O7/c1-3-12-14(13(18)15(19)20-2)24-17(9-5-7-11-22-17)16(23-12)8-4-6-10-21-16/h12-14,18H,3-11H2,1-2H3/t12-,13+,14+,16+,17+/m0/s1. The monoisotopic (exact) mass is 344 g/mol. The molecular formula is C17H28O7. The normalized spacial score (nSPS) is 41.3. The van der Waals surface area contributed by atoms with Crippen LogP contribution < -0.4 is 0 Å². The smallest absolute Gasteiger partial charge is 0.337 e. The van der Waals surface area contributed by atoms with E-state index >= 15 is 0 Å². The Hall–Kier alpha value is -0.730. The van der Waals surface area contributed by atoms with Gasteiger partial charge in [-0.1, -0.05) is 6.92 Å². The molecule has 0 bridgehead atoms. The fraction of sp³-hybridized carbons (Fsp3) is 0.941. The first-order chi connectivity index (χ1) is 11.6. The second kappa shape index (κ2) is 7.25. The molecule has 7 nitrogen and oxygen atoms in total. The van der Waals surface area contributed by atoms with Crippen molar-refractivity contribution in [1.82, 2.24) is 0 Å². The van der Waals surface area contributed by atoms with E-state index in [1.54, 1.807) is 0 Å². The maximum atomic E-state index is 11.8. The lowest BCUT2D eigenvalue weighted by atomic mass is 9.87. The van der Waals surface area contributed by atoms with E-state index in [9.17, 15) is 9.90 Å². The molecule has 5 atom stereocenters. The van der Waals surface area contributed by atoms with E-state index in [4.69, 9.17) is 18.9 Å². The Bertz CT molecular complexity index is 440. The summed E-state index contributed by atoms with van der Waals surface area (Å²) in [6.45, 7) is 3.07. The van der Waals surface area contributed by atoms with Crippen LogP contribution in [0.5, 0.6) is 0 Å². The Morgan fingerprint density at radius 1 is 1.12 bits per heavy atom. The van der Waals surface area contributed by atoms with Crippen LogP contribution in [0.2, 0.25) is 0 Å². The van der Waals surface area contributed by atoms with Gasteiger partial charge < -0.3 is 28.8 Å². The quantitative estimate of drug-likeness (QED) is 0.777. The molecule has 0 aromatic rings. The highest BCUT2D eigenvalue weighted by Crippen LogP contribution is 2.50. The van der Waals surface area contributed by atoms with Crippen molar-refractivity contribution >= 4 is 5.97 Å². The van der Waals surface area contributed by atoms with Gasteiger partial charge in [-0.3, -0.25) is 0 Å². The lowest BCUT2D eigenvalue weighted by Crippen LogP contribution is -2.71. The summed E-state index contributed by atoms with van der Waals surface area (Å²) in [7, 11) is 1.24. The van der Waals surface area contributed by atoms with Gasteiger partial charge in [0.1, 0.15) is 6.10 Å². The van der Waals surface area contributed by atoms with Crippen molar-refractivity contribution in [3.63, 3.8) is 0 Å². The molecule has 0 saturated carbocycles. The predicted molar refractivity (Wildman–Crippen MR) is 83.1 cm³/mol. The maximum Gasteiger partial charge on any atom is 0.337 e. The van der Waals surface area contributed by atoms with E-state index in [2.05, 4.69) is 4.74 Å². The molecule has 3 aliphatic heterocycles. The average molecular weight is 344 g/mol. The Balaban J connectivity index is 1.91. The third kappa shape index (κ3) is 2.97. The first-order valence-corrected chi connectivity index (χ1v) is 8.97. The van der Waals surface area contributed by atoms with Crippen LogP contribution in [0.4, 0.5) is 0 Å². The topological polar surface area (TPSA) is 83.5 Å². The molecule has 3 rings (SSSR count). The Kier molecular flexibility index (Phi) is 5.46. The van der Waals surface area contributed by atoms with Gasteiger partial charge in [0.15, 0.2) is 6.10 Å². The van der Waals surface area contributed by atoms with E-state index in [1.165, 1.54) is 7.11 Å². The van der Waals surface area contributed by atoms with Crippen molar-refractivity contribution < 1.29 is 33.6 Å². The molecule has 0 aromatic heterocycles. The summed E-state index contributed by atoms with van der Waals surface area (Å²) >= 11 is 0. The molecule has 0 amide bonds. The lowest BCUT2D eigenvalue weighted by molar-refractivity contribution is -0.484. The number of fused-ring (bicyclic) bond motifs is 1. The van der Waals surface area contributed by atoms with Crippen LogP contribution in [0.1, 0.15) is 51.9 Å².